The van der Waals surface area contributed by atoms with Crippen molar-refractivity contribution in [3.8, 4) is 5.75 Å². The zero-order valence-corrected chi connectivity index (χ0v) is 8.64. The maximum Gasteiger partial charge on any atom is 0.244 e. The minimum Gasteiger partial charge on any atom is -0.496 e. The van der Waals surface area contributed by atoms with Crippen molar-refractivity contribution < 1.29 is 9.53 Å². The van der Waals surface area contributed by atoms with Crippen LogP contribution in [-0.2, 0) is 4.79 Å². The van der Waals surface area contributed by atoms with E-state index in [2.05, 4.69) is 5.43 Å². The largest absolute Gasteiger partial charge is 0.496 e. The number of rotatable bonds is 4. The number of hydrogen-bond acceptors (Lipinski definition) is 4. The summed E-state index contributed by atoms with van der Waals surface area (Å²) in [6, 6.07) is 7.52. The Morgan fingerprint density at radius 3 is 2.93 bits per heavy atom. The average Bonchev–Trinajstić information content (AvgIpc) is 2.26. The van der Waals surface area contributed by atoms with Crippen LogP contribution in [0.2, 0.25) is 0 Å². The molecule has 4 nitrogen and oxygen atoms in total. The van der Waals surface area contributed by atoms with Crippen LogP contribution in [0.3, 0.4) is 0 Å². The van der Waals surface area contributed by atoms with Crippen LogP contribution in [-0.4, -0.2) is 18.8 Å². The molecule has 0 bridgehead atoms. The SMILES string of the molecule is COc1ccccc1SCC(=O)NN. The van der Waals surface area contributed by atoms with Gasteiger partial charge in [0.05, 0.1) is 12.9 Å². The summed E-state index contributed by atoms with van der Waals surface area (Å²) < 4.78 is 5.13. The Morgan fingerprint density at radius 1 is 1.57 bits per heavy atom. The van der Waals surface area contributed by atoms with Gasteiger partial charge in [-0.05, 0) is 12.1 Å². The second-order valence-electron chi connectivity index (χ2n) is 2.51. The lowest BCUT2D eigenvalue weighted by atomic mass is 10.3. The first-order valence-corrected chi connectivity index (χ1v) is 5.01. The molecule has 0 fully saturated rings. The zero-order chi connectivity index (χ0) is 10.4. The highest BCUT2D eigenvalue weighted by Gasteiger charge is 2.04. The van der Waals surface area contributed by atoms with Gasteiger partial charge in [-0.2, -0.15) is 0 Å². The molecule has 0 spiro atoms. The van der Waals surface area contributed by atoms with Gasteiger partial charge in [-0.25, -0.2) is 5.84 Å². The summed E-state index contributed by atoms with van der Waals surface area (Å²) in [7, 11) is 1.60. The van der Waals surface area contributed by atoms with Crippen LogP contribution in [0.25, 0.3) is 0 Å². The van der Waals surface area contributed by atoms with Crippen LogP contribution < -0.4 is 16.0 Å². The molecule has 0 aliphatic carbocycles. The number of ether oxygens (including phenoxy) is 1. The molecule has 5 heteroatoms. The Morgan fingerprint density at radius 2 is 2.29 bits per heavy atom. The highest BCUT2D eigenvalue weighted by Crippen LogP contribution is 2.28. The summed E-state index contributed by atoms with van der Waals surface area (Å²) in [6.07, 6.45) is 0. The summed E-state index contributed by atoms with van der Waals surface area (Å²) >= 11 is 1.39. The van der Waals surface area contributed by atoms with Gasteiger partial charge < -0.3 is 4.74 Å². The smallest absolute Gasteiger partial charge is 0.244 e. The number of thioether (sulfide) groups is 1. The van der Waals surface area contributed by atoms with E-state index in [1.807, 2.05) is 24.3 Å². The van der Waals surface area contributed by atoms with Crippen LogP contribution >= 0.6 is 11.8 Å². The second kappa shape index (κ2) is 5.51. The van der Waals surface area contributed by atoms with Gasteiger partial charge in [-0.15, -0.1) is 11.8 Å². The van der Waals surface area contributed by atoms with Crippen molar-refractivity contribution in [2.45, 2.75) is 4.90 Å². The van der Waals surface area contributed by atoms with Gasteiger partial charge in [0, 0.05) is 4.90 Å². The molecule has 0 unspecified atom stereocenters. The number of carbonyl (C=O) groups is 1. The van der Waals surface area contributed by atoms with Gasteiger partial charge in [0.15, 0.2) is 0 Å². The molecule has 0 heterocycles. The lowest BCUT2D eigenvalue weighted by Crippen LogP contribution is -2.31. The fourth-order valence-corrected chi connectivity index (χ4v) is 1.76. The minimum atomic E-state index is -0.207. The molecule has 0 atom stereocenters. The van der Waals surface area contributed by atoms with Crippen LogP contribution in [0.1, 0.15) is 0 Å². The number of hydrazine groups is 1. The van der Waals surface area contributed by atoms with E-state index in [9.17, 15) is 4.79 Å². The molecular formula is C9H12N2O2S. The third-order valence-electron chi connectivity index (χ3n) is 1.59. The maximum atomic E-state index is 10.9. The normalized spacial score (nSPS) is 9.57. The molecule has 0 aromatic heterocycles. The number of nitrogens with one attached hydrogen (secondary N) is 1. The van der Waals surface area contributed by atoms with Crippen molar-refractivity contribution in [1.29, 1.82) is 0 Å². The van der Waals surface area contributed by atoms with E-state index in [4.69, 9.17) is 10.6 Å². The van der Waals surface area contributed by atoms with Crippen molar-refractivity contribution in [2.75, 3.05) is 12.9 Å². The maximum absolute atomic E-state index is 10.9. The van der Waals surface area contributed by atoms with E-state index < -0.39 is 0 Å². The first-order valence-electron chi connectivity index (χ1n) is 4.03. The highest BCUT2D eigenvalue weighted by atomic mass is 32.2. The van der Waals surface area contributed by atoms with E-state index in [0.29, 0.717) is 0 Å². The van der Waals surface area contributed by atoms with Crippen molar-refractivity contribution in [3.63, 3.8) is 0 Å². The predicted molar refractivity (Wildman–Crippen MR) is 56.0 cm³/mol. The number of methoxy groups -OCH3 is 1. The number of para-hydroxylation sites is 1. The number of hydrogen-bond donors (Lipinski definition) is 2. The zero-order valence-electron chi connectivity index (χ0n) is 7.82. The number of benzene rings is 1. The molecule has 0 aliphatic rings. The average molecular weight is 212 g/mol. The first kappa shape index (κ1) is 10.9. The molecule has 0 aliphatic heterocycles. The van der Waals surface area contributed by atoms with Gasteiger partial charge >= 0.3 is 0 Å². The Hall–Kier alpha value is -1.20. The van der Waals surface area contributed by atoms with Crippen LogP contribution in [0, 0.1) is 0 Å². The Bertz CT molecular complexity index is 317. The van der Waals surface area contributed by atoms with E-state index in [0.717, 1.165) is 10.6 Å². The van der Waals surface area contributed by atoms with Crippen molar-refractivity contribution in [3.05, 3.63) is 24.3 Å². The first-order chi connectivity index (χ1) is 6.77. The molecule has 1 rings (SSSR count). The van der Waals surface area contributed by atoms with Crippen LogP contribution in [0.15, 0.2) is 29.2 Å². The summed E-state index contributed by atoms with van der Waals surface area (Å²) in [5.41, 5.74) is 2.07. The molecule has 1 aromatic rings. The minimum absolute atomic E-state index is 0.207. The summed E-state index contributed by atoms with van der Waals surface area (Å²) in [4.78, 5) is 11.8. The molecule has 0 radical (unpaired) electrons. The lowest BCUT2D eigenvalue weighted by Gasteiger charge is -2.06. The third kappa shape index (κ3) is 2.93. The topological polar surface area (TPSA) is 64.3 Å². The Kier molecular flexibility index (Phi) is 4.28. The molecule has 0 saturated heterocycles. The quantitative estimate of drug-likeness (QED) is 0.335. The molecule has 0 saturated carbocycles. The van der Waals surface area contributed by atoms with E-state index in [1.165, 1.54) is 11.8 Å². The third-order valence-corrected chi connectivity index (χ3v) is 2.64. The van der Waals surface area contributed by atoms with Crippen molar-refractivity contribution in [1.82, 2.24) is 5.43 Å². The molecule has 76 valence electrons. The highest BCUT2D eigenvalue weighted by molar-refractivity contribution is 8.00. The van der Waals surface area contributed by atoms with Gasteiger partial charge in [0.2, 0.25) is 5.91 Å². The summed E-state index contributed by atoms with van der Waals surface area (Å²) in [5.74, 6) is 5.81. The number of amides is 1. The fourth-order valence-electron chi connectivity index (χ4n) is 0.923. The van der Waals surface area contributed by atoms with Crippen molar-refractivity contribution >= 4 is 17.7 Å². The predicted octanol–water partition coefficient (Wildman–Crippen LogP) is 0.777. The standard InChI is InChI=1S/C9H12N2O2S/c1-13-7-4-2-3-5-8(7)14-6-9(12)11-10/h2-5H,6,10H2,1H3,(H,11,12). The Balaban J connectivity index is 2.61. The molecule has 14 heavy (non-hydrogen) atoms. The summed E-state index contributed by atoms with van der Waals surface area (Å²) in [6.45, 7) is 0. The fraction of sp³-hybridized carbons (Fsp3) is 0.222. The van der Waals surface area contributed by atoms with E-state index in [1.54, 1.807) is 7.11 Å². The number of carbonyl (C=O) groups excluding carboxylic acids is 1. The van der Waals surface area contributed by atoms with E-state index in [-0.39, 0.29) is 11.7 Å². The number of nitrogens with two attached hydrogens (primary N) is 1. The van der Waals surface area contributed by atoms with Crippen molar-refractivity contribution in [2.24, 2.45) is 5.84 Å². The lowest BCUT2D eigenvalue weighted by molar-refractivity contribution is -0.118. The monoisotopic (exact) mass is 212 g/mol. The molecule has 3 N–H and O–H groups in total. The van der Waals surface area contributed by atoms with Gasteiger partial charge in [0.1, 0.15) is 5.75 Å². The van der Waals surface area contributed by atoms with Gasteiger partial charge in [-0.1, -0.05) is 12.1 Å². The second-order valence-corrected chi connectivity index (χ2v) is 3.52. The molecular weight excluding hydrogens is 200 g/mol. The summed E-state index contributed by atoms with van der Waals surface area (Å²) in [5, 5.41) is 0. The van der Waals surface area contributed by atoms with Gasteiger partial charge in [-0.3, -0.25) is 10.2 Å². The molecule has 1 amide bonds. The van der Waals surface area contributed by atoms with Crippen LogP contribution in [0.5, 0.6) is 5.75 Å². The molecule has 1 aromatic carbocycles. The van der Waals surface area contributed by atoms with E-state index >= 15 is 0 Å². The van der Waals surface area contributed by atoms with Gasteiger partial charge in [0.25, 0.3) is 0 Å². The van der Waals surface area contributed by atoms with Crippen LogP contribution in [0.4, 0.5) is 0 Å². The Labute approximate surface area is 86.8 Å².